The van der Waals surface area contributed by atoms with Crippen LogP contribution in [0.25, 0.3) is 0 Å². The highest BCUT2D eigenvalue weighted by atomic mass is 32.1. The molecule has 142 valence electrons. The van der Waals surface area contributed by atoms with Gasteiger partial charge in [-0.25, -0.2) is 9.88 Å². The Bertz CT molecular complexity index is 989. The van der Waals surface area contributed by atoms with E-state index in [-0.39, 0.29) is 11.8 Å². The van der Waals surface area contributed by atoms with Gasteiger partial charge in [0, 0.05) is 16.0 Å². The molecule has 0 aliphatic heterocycles. The van der Waals surface area contributed by atoms with Crippen molar-refractivity contribution in [3.05, 3.63) is 66.7 Å². The number of anilines is 1. The number of thiophene rings is 2. The molecule has 4 nitrogen and oxygen atoms in total. The Morgan fingerprint density at radius 3 is 1.96 bits per heavy atom. The zero-order valence-corrected chi connectivity index (χ0v) is 17.3. The summed E-state index contributed by atoms with van der Waals surface area (Å²) in [5, 5.41) is 0. The number of carbonyl (C=O) groups excluding carboxylic acids is 2. The standard InChI is InChI=1S/C22H20N2O2S2/c1-13-8-9-23-20(10-13)24(21(25)18-11-14-4-2-6-16(14)27-18)22(26)19-12-15-5-3-7-17(15)28-19/h8-12H,2-7H2,1H3. The lowest BCUT2D eigenvalue weighted by molar-refractivity contribution is 0.0901. The summed E-state index contributed by atoms with van der Waals surface area (Å²) in [6.45, 7) is 1.94. The number of hydrogen-bond acceptors (Lipinski definition) is 5. The SMILES string of the molecule is Cc1ccnc(N(C(=O)c2cc3c(s2)CCC3)C(=O)c2cc3c(s2)CCC3)c1. The largest absolute Gasteiger partial charge is 0.276 e. The van der Waals surface area contributed by atoms with E-state index in [1.807, 2.05) is 25.1 Å². The summed E-state index contributed by atoms with van der Waals surface area (Å²) in [5.41, 5.74) is 3.49. The maximum absolute atomic E-state index is 13.4. The molecule has 2 aliphatic carbocycles. The summed E-state index contributed by atoms with van der Waals surface area (Å²) in [6.07, 6.45) is 8.06. The van der Waals surface area contributed by atoms with Gasteiger partial charge in [0.25, 0.3) is 11.8 Å². The van der Waals surface area contributed by atoms with E-state index in [9.17, 15) is 9.59 Å². The summed E-state index contributed by atoms with van der Waals surface area (Å²) >= 11 is 3.05. The minimum absolute atomic E-state index is 0.268. The van der Waals surface area contributed by atoms with Gasteiger partial charge in [0.2, 0.25) is 0 Å². The number of aromatic nitrogens is 1. The zero-order valence-electron chi connectivity index (χ0n) is 15.7. The molecule has 3 heterocycles. The van der Waals surface area contributed by atoms with Gasteiger partial charge in [0.15, 0.2) is 0 Å². The molecule has 3 aromatic rings. The number of aryl methyl sites for hydroxylation is 5. The van der Waals surface area contributed by atoms with Crippen molar-refractivity contribution in [3.63, 3.8) is 0 Å². The van der Waals surface area contributed by atoms with Crippen molar-refractivity contribution in [1.29, 1.82) is 0 Å². The van der Waals surface area contributed by atoms with Crippen LogP contribution >= 0.6 is 22.7 Å². The zero-order chi connectivity index (χ0) is 19.3. The topological polar surface area (TPSA) is 50.3 Å². The molecule has 28 heavy (non-hydrogen) atoms. The van der Waals surface area contributed by atoms with Crippen LogP contribution in [0.3, 0.4) is 0 Å². The van der Waals surface area contributed by atoms with Crippen LogP contribution in [-0.2, 0) is 25.7 Å². The molecule has 0 bridgehead atoms. The second kappa shape index (κ2) is 6.94. The van der Waals surface area contributed by atoms with E-state index in [0.29, 0.717) is 15.6 Å². The molecule has 0 aromatic carbocycles. The molecule has 0 saturated heterocycles. The van der Waals surface area contributed by atoms with Gasteiger partial charge in [0.05, 0.1) is 9.75 Å². The van der Waals surface area contributed by atoms with Gasteiger partial charge in [-0.15, -0.1) is 22.7 Å². The molecule has 0 saturated carbocycles. The van der Waals surface area contributed by atoms with Crippen LogP contribution in [-0.4, -0.2) is 16.8 Å². The van der Waals surface area contributed by atoms with Crippen molar-refractivity contribution in [1.82, 2.24) is 4.98 Å². The van der Waals surface area contributed by atoms with Crippen LogP contribution in [0, 0.1) is 6.92 Å². The monoisotopic (exact) mass is 408 g/mol. The highest BCUT2D eigenvalue weighted by Gasteiger charge is 2.31. The fraction of sp³-hybridized carbons (Fsp3) is 0.318. The molecule has 2 aliphatic rings. The van der Waals surface area contributed by atoms with Crippen molar-refractivity contribution in [2.45, 2.75) is 45.4 Å². The quantitative estimate of drug-likeness (QED) is 0.575. The Hall–Kier alpha value is -2.31. The van der Waals surface area contributed by atoms with Crippen molar-refractivity contribution >= 4 is 40.3 Å². The Morgan fingerprint density at radius 2 is 1.46 bits per heavy atom. The molecular formula is C22H20N2O2S2. The molecule has 2 amide bonds. The van der Waals surface area contributed by atoms with E-state index in [1.54, 1.807) is 12.3 Å². The predicted octanol–water partition coefficient (Wildman–Crippen LogP) is 4.98. The first-order chi connectivity index (χ1) is 13.6. The summed E-state index contributed by atoms with van der Waals surface area (Å²) in [5.74, 6) is -0.135. The average molecular weight is 409 g/mol. The molecule has 5 rings (SSSR count). The van der Waals surface area contributed by atoms with Gasteiger partial charge < -0.3 is 0 Å². The van der Waals surface area contributed by atoms with Crippen LogP contribution in [0.15, 0.2) is 30.5 Å². The number of carbonyl (C=O) groups is 2. The second-order valence-corrected chi connectivity index (χ2v) is 9.74. The second-order valence-electron chi connectivity index (χ2n) is 7.46. The molecule has 0 spiro atoms. The Morgan fingerprint density at radius 1 is 0.893 bits per heavy atom. The summed E-state index contributed by atoms with van der Waals surface area (Å²) in [6, 6.07) is 7.62. The minimum Gasteiger partial charge on any atom is -0.267 e. The Balaban J connectivity index is 1.55. The first-order valence-electron chi connectivity index (χ1n) is 9.65. The van der Waals surface area contributed by atoms with Gasteiger partial charge in [-0.3, -0.25) is 9.59 Å². The molecular weight excluding hydrogens is 388 g/mol. The van der Waals surface area contributed by atoms with E-state index in [4.69, 9.17) is 0 Å². The van der Waals surface area contributed by atoms with Crippen LogP contribution < -0.4 is 4.90 Å². The van der Waals surface area contributed by atoms with Gasteiger partial charge in [-0.1, -0.05) is 0 Å². The first-order valence-corrected chi connectivity index (χ1v) is 11.3. The molecule has 0 unspecified atom stereocenters. The van der Waals surface area contributed by atoms with Crippen molar-refractivity contribution in [3.8, 4) is 0 Å². The van der Waals surface area contributed by atoms with Crippen molar-refractivity contribution in [2.24, 2.45) is 0 Å². The first kappa shape index (κ1) is 17.8. The molecule has 6 heteroatoms. The highest BCUT2D eigenvalue weighted by Crippen LogP contribution is 2.34. The summed E-state index contributed by atoms with van der Waals surface area (Å²) in [4.78, 5) is 36.3. The van der Waals surface area contributed by atoms with E-state index >= 15 is 0 Å². The third-order valence-corrected chi connectivity index (χ3v) is 7.90. The fourth-order valence-electron chi connectivity index (χ4n) is 4.03. The number of imide groups is 1. The number of pyridine rings is 1. The van der Waals surface area contributed by atoms with E-state index in [2.05, 4.69) is 4.98 Å². The number of nitrogens with zero attached hydrogens (tertiary/aromatic N) is 2. The molecule has 0 atom stereocenters. The molecule has 0 radical (unpaired) electrons. The van der Waals surface area contributed by atoms with Crippen LogP contribution in [0.1, 0.15) is 58.6 Å². The smallest absolute Gasteiger partial charge is 0.267 e. The predicted molar refractivity (Wildman–Crippen MR) is 113 cm³/mol. The van der Waals surface area contributed by atoms with Gasteiger partial charge >= 0.3 is 0 Å². The summed E-state index contributed by atoms with van der Waals surface area (Å²) in [7, 11) is 0. The third-order valence-electron chi connectivity index (χ3n) is 5.45. The Kier molecular flexibility index (Phi) is 4.40. The van der Waals surface area contributed by atoms with Crippen LogP contribution in [0.4, 0.5) is 5.82 Å². The van der Waals surface area contributed by atoms with E-state index in [0.717, 1.165) is 44.1 Å². The molecule has 3 aromatic heterocycles. The van der Waals surface area contributed by atoms with Gasteiger partial charge in [-0.05, 0) is 86.4 Å². The maximum atomic E-state index is 13.4. The number of fused-ring (bicyclic) bond motifs is 2. The third kappa shape index (κ3) is 3.01. The van der Waals surface area contributed by atoms with E-state index in [1.165, 1.54) is 48.5 Å². The average Bonchev–Trinajstić information content (AvgIpc) is 3.41. The Labute approximate surface area is 171 Å². The maximum Gasteiger partial charge on any atom is 0.276 e. The lowest BCUT2D eigenvalue weighted by Gasteiger charge is -2.19. The number of hydrogen-bond donors (Lipinski definition) is 0. The highest BCUT2D eigenvalue weighted by molar-refractivity contribution is 7.15. The molecule has 0 N–H and O–H groups in total. The fourth-order valence-corrected chi connectivity index (χ4v) is 6.40. The number of rotatable bonds is 3. The van der Waals surface area contributed by atoms with Gasteiger partial charge in [-0.2, -0.15) is 0 Å². The summed E-state index contributed by atoms with van der Waals surface area (Å²) < 4.78 is 0. The van der Waals surface area contributed by atoms with Crippen LogP contribution in [0.5, 0.6) is 0 Å². The van der Waals surface area contributed by atoms with Crippen LogP contribution in [0.2, 0.25) is 0 Å². The van der Waals surface area contributed by atoms with Crippen molar-refractivity contribution in [2.75, 3.05) is 4.90 Å². The van der Waals surface area contributed by atoms with Gasteiger partial charge in [0.1, 0.15) is 5.82 Å². The lowest BCUT2D eigenvalue weighted by atomic mass is 10.2. The van der Waals surface area contributed by atoms with Crippen molar-refractivity contribution < 1.29 is 9.59 Å². The molecule has 0 fully saturated rings. The normalized spacial score (nSPS) is 14.8. The van der Waals surface area contributed by atoms with E-state index < -0.39 is 0 Å². The minimum atomic E-state index is -0.268. The lowest BCUT2D eigenvalue weighted by Crippen LogP contribution is -2.37. The number of amides is 2.